The number of carbonyl (C=O) groups is 2. The SMILES string of the molecule is CCOC(=O)c1cc2n(n1)C(c1cccc(Cl)c1Cl)C(C(=O)N1CCN(c3ccccc3)CC1)=C(C)N2. The lowest BCUT2D eigenvalue weighted by molar-refractivity contribution is -0.128. The Kier molecular flexibility index (Phi) is 7.13. The lowest BCUT2D eigenvalue weighted by Crippen LogP contribution is -2.50. The average Bonchev–Trinajstić information content (AvgIpc) is 3.34. The quantitative estimate of drug-likeness (QED) is 0.459. The van der Waals surface area contributed by atoms with Gasteiger partial charge in [0, 0.05) is 49.2 Å². The smallest absolute Gasteiger partial charge is 0.358 e. The molecule has 1 fully saturated rings. The zero-order valence-electron chi connectivity index (χ0n) is 20.6. The summed E-state index contributed by atoms with van der Waals surface area (Å²) in [6.07, 6.45) is 0. The van der Waals surface area contributed by atoms with E-state index in [2.05, 4.69) is 27.4 Å². The molecule has 2 aromatic carbocycles. The molecule has 10 heteroatoms. The Morgan fingerprint density at radius 3 is 2.49 bits per heavy atom. The molecule has 1 aromatic heterocycles. The lowest BCUT2D eigenvalue weighted by atomic mass is 9.94. The summed E-state index contributed by atoms with van der Waals surface area (Å²) in [6, 6.07) is 16.4. The van der Waals surface area contributed by atoms with E-state index in [1.165, 1.54) is 0 Å². The second-order valence-electron chi connectivity index (χ2n) is 8.90. The fourth-order valence-corrected chi connectivity index (χ4v) is 5.26. The summed E-state index contributed by atoms with van der Waals surface area (Å²) < 4.78 is 6.76. The molecule has 1 saturated heterocycles. The van der Waals surface area contributed by atoms with Gasteiger partial charge in [0.2, 0.25) is 0 Å². The van der Waals surface area contributed by atoms with Crippen molar-refractivity contribution >= 4 is 46.6 Å². The highest BCUT2D eigenvalue weighted by Gasteiger charge is 2.38. The Morgan fingerprint density at radius 1 is 1.05 bits per heavy atom. The standard InChI is InChI=1S/C27H27Cl2N5O3/c1-3-37-27(36)21-16-22-30-17(2)23(25(34(22)31-21)19-10-7-11-20(28)24(19)29)26(35)33-14-12-32(13-15-33)18-8-5-4-6-9-18/h4-11,16,25,30H,3,12-15H2,1-2H3. The van der Waals surface area contributed by atoms with Crippen molar-refractivity contribution in [1.29, 1.82) is 0 Å². The van der Waals surface area contributed by atoms with Gasteiger partial charge in [-0.3, -0.25) is 4.79 Å². The molecule has 1 unspecified atom stereocenters. The summed E-state index contributed by atoms with van der Waals surface area (Å²) >= 11 is 13.0. The monoisotopic (exact) mass is 539 g/mol. The van der Waals surface area contributed by atoms with Gasteiger partial charge < -0.3 is 19.9 Å². The van der Waals surface area contributed by atoms with E-state index in [-0.39, 0.29) is 18.2 Å². The van der Waals surface area contributed by atoms with Gasteiger partial charge in [-0.1, -0.05) is 53.5 Å². The number of rotatable bonds is 5. The van der Waals surface area contributed by atoms with Crippen molar-refractivity contribution in [1.82, 2.24) is 14.7 Å². The van der Waals surface area contributed by atoms with E-state index in [0.29, 0.717) is 45.8 Å². The number of amides is 1. The molecule has 1 amide bonds. The predicted octanol–water partition coefficient (Wildman–Crippen LogP) is 5.00. The molecule has 3 aromatic rings. The summed E-state index contributed by atoms with van der Waals surface area (Å²) in [7, 11) is 0. The van der Waals surface area contributed by atoms with Gasteiger partial charge in [-0.15, -0.1) is 0 Å². The number of nitrogens with one attached hydrogen (secondary N) is 1. The van der Waals surface area contributed by atoms with Gasteiger partial charge in [-0.25, -0.2) is 9.48 Å². The highest BCUT2D eigenvalue weighted by Crippen LogP contribution is 2.41. The fraction of sp³-hybridized carbons (Fsp3) is 0.296. The Morgan fingerprint density at radius 2 is 1.78 bits per heavy atom. The van der Waals surface area contributed by atoms with E-state index in [9.17, 15) is 9.59 Å². The van der Waals surface area contributed by atoms with Crippen LogP contribution < -0.4 is 10.2 Å². The number of esters is 1. The molecule has 2 aliphatic heterocycles. The van der Waals surface area contributed by atoms with Crippen molar-refractivity contribution in [3.05, 3.63) is 87.2 Å². The van der Waals surface area contributed by atoms with Crippen molar-refractivity contribution in [3.8, 4) is 0 Å². The normalized spacial score (nSPS) is 17.4. The molecule has 192 valence electrons. The van der Waals surface area contributed by atoms with Crippen LogP contribution in [-0.4, -0.2) is 59.3 Å². The van der Waals surface area contributed by atoms with Crippen LogP contribution in [0.15, 0.2) is 65.9 Å². The zero-order chi connectivity index (χ0) is 26.1. The lowest BCUT2D eigenvalue weighted by Gasteiger charge is -2.38. The minimum Gasteiger partial charge on any atom is -0.461 e. The second kappa shape index (κ2) is 10.5. The molecule has 0 aliphatic carbocycles. The maximum Gasteiger partial charge on any atom is 0.358 e. The summed E-state index contributed by atoms with van der Waals surface area (Å²) in [5, 5.41) is 8.49. The number of hydrogen-bond acceptors (Lipinski definition) is 6. The van der Waals surface area contributed by atoms with Crippen LogP contribution in [0, 0.1) is 0 Å². The largest absolute Gasteiger partial charge is 0.461 e. The molecular weight excluding hydrogens is 513 g/mol. The van der Waals surface area contributed by atoms with Gasteiger partial charge in [0.25, 0.3) is 5.91 Å². The van der Waals surface area contributed by atoms with Crippen LogP contribution in [0.5, 0.6) is 0 Å². The zero-order valence-corrected chi connectivity index (χ0v) is 22.1. The molecule has 2 aliphatic rings. The molecule has 0 radical (unpaired) electrons. The van der Waals surface area contributed by atoms with Crippen LogP contribution in [0.4, 0.5) is 11.5 Å². The summed E-state index contributed by atoms with van der Waals surface area (Å²) in [5.41, 5.74) is 3.08. The summed E-state index contributed by atoms with van der Waals surface area (Å²) in [5.74, 6) is -0.0886. The maximum absolute atomic E-state index is 14.0. The highest BCUT2D eigenvalue weighted by molar-refractivity contribution is 6.42. The summed E-state index contributed by atoms with van der Waals surface area (Å²) in [6.45, 7) is 6.39. The van der Waals surface area contributed by atoms with E-state index >= 15 is 0 Å². The number of piperazine rings is 1. The van der Waals surface area contributed by atoms with E-state index in [0.717, 1.165) is 18.8 Å². The molecular formula is C27H27Cl2N5O3. The molecule has 0 spiro atoms. The maximum atomic E-state index is 14.0. The number of fused-ring (bicyclic) bond motifs is 1. The van der Waals surface area contributed by atoms with Gasteiger partial charge in [0.05, 0.1) is 22.2 Å². The van der Waals surface area contributed by atoms with Crippen molar-refractivity contribution in [2.24, 2.45) is 0 Å². The van der Waals surface area contributed by atoms with Crippen LogP contribution >= 0.6 is 23.2 Å². The first-order valence-corrected chi connectivity index (χ1v) is 12.9. The predicted molar refractivity (Wildman–Crippen MR) is 144 cm³/mol. The first kappa shape index (κ1) is 25.2. The first-order chi connectivity index (χ1) is 17.9. The van der Waals surface area contributed by atoms with Crippen LogP contribution in [0.25, 0.3) is 0 Å². The Hall–Kier alpha value is -3.49. The number of nitrogens with zero attached hydrogens (tertiary/aromatic N) is 4. The molecule has 8 nitrogen and oxygen atoms in total. The van der Waals surface area contributed by atoms with E-state index in [1.807, 2.05) is 36.1 Å². The number of ether oxygens (including phenoxy) is 1. The van der Waals surface area contributed by atoms with Crippen LogP contribution in [0.2, 0.25) is 10.0 Å². The first-order valence-electron chi connectivity index (χ1n) is 12.2. The highest BCUT2D eigenvalue weighted by atomic mass is 35.5. The number of hydrogen-bond donors (Lipinski definition) is 1. The van der Waals surface area contributed by atoms with Gasteiger partial charge in [0.15, 0.2) is 5.69 Å². The molecule has 3 heterocycles. The molecule has 0 bridgehead atoms. The van der Waals surface area contributed by atoms with Crippen LogP contribution in [-0.2, 0) is 9.53 Å². The Balaban J connectivity index is 1.50. The van der Waals surface area contributed by atoms with E-state index in [1.54, 1.807) is 29.8 Å². The van der Waals surface area contributed by atoms with Crippen molar-refractivity contribution < 1.29 is 14.3 Å². The van der Waals surface area contributed by atoms with Gasteiger partial charge in [0.1, 0.15) is 11.9 Å². The van der Waals surface area contributed by atoms with Crippen molar-refractivity contribution in [2.45, 2.75) is 19.9 Å². The van der Waals surface area contributed by atoms with Gasteiger partial charge in [-0.05, 0) is 32.0 Å². The van der Waals surface area contributed by atoms with Crippen molar-refractivity contribution in [2.75, 3.05) is 43.0 Å². The number of carbonyl (C=O) groups excluding carboxylic acids is 2. The average molecular weight is 540 g/mol. The van der Waals surface area contributed by atoms with Crippen LogP contribution in [0.3, 0.4) is 0 Å². The fourth-order valence-electron chi connectivity index (χ4n) is 4.85. The molecule has 37 heavy (non-hydrogen) atoms. The van der Waals surface area contributed by atoms with Gasteiger partial charge in [-0.2, -0.15) is 5.10 Å². The van der Waals surface area contributed by atoms with Crippen LogP contribution in [0.1, 0.15) is 35.9 Å². The Bertz CT molecular complexity index is 1360. The summed E-state index contributed by atoms with van der Waals surface area (Å²) in [4.78, 5) is 30.6. The molecule has 5 rings (SSSR count). The third kappa shape index (κ3) is 4.79. The van der Waals surface area contributed by atoms with E-state index < -0.39 is 12.0 Å². The van der Waals surface area contributed by atoms with E-state index in [4.69, 9.17) is 27.9 Å². The number of allylic oxidation sites excluding steroid dienone is 1. The van der Waals surface area contributed by atoms with Gasteiger partial charge >= 0.3 is 5.97 Å². The Labute approximate surface area is 225 Å². The minimum atomic E-state index is -0.676. The number of para-hydroxylation sites is 1. The number of anilines is 2. The third-order valence-corrected chi connectivity index (χ3v) is 7.49. The molecule has 0 saturated carbocycles. The molecule has 1 N–H and O–H groups in total. The number of aromatic nitrogens is 2. The molecule has 1 atom stereocenters. The minimum absolute atomic E-state index is 0.113. The second-order valence-corrected chi connectivity index (χ2v) is 9.69. The topological polar surface area (TPSA) is 79.7 Å². The third-order valence-electron chi connectivity index (χ3n) is 6.65. The number of halogens is 2. The number of benzene rings is 2. The van der Waals surface area contributed by atoms with Crippen molar-refractivity contribution in [3.63, 3.8) is 0 Å².